The number of rotatable bonds is 7. The number of hydrogen-bond acceptors (Lipinski definition) is 4. The molecule has 9 heteroatoms. The number of aliphatic hydroxyl groups excluding tert-OH is 1. The molecule has 0 aliphatic carbocycles. The van der Waals surface area contributed by atoms with E-state index in [1.807, 2.05) is 11.6 Å². The first-order chi connectivity index (χ1) is 9.69. The van der Waals surface area contributed by atoms with Gasteiger partial charge in [0.1, 0.15) is 4.90 Å². The van der Waals surface area contributed by atoms with E-state index >= 15 is 0 Å². The number of aliphatic hydroxyl groups is 1. The maximum Gasteiger partial charge on any atom is 0.338 e. The van der Waals surface area contributed by atoms with E-state index in [1.54, 1.807) is 0 Å². The third-order valence-corrected chi connectivity index (χ3v) is 4.30. The molecule has 0 aromatic heterocycles. The second-order valence-electron chi connectivity index (χ2n) is 4.37. The number of sulfonamides is 1. The van der Waals surface area contributed by atoms with Gasteiger partial charge in [0.25, 0.3) is 0 Å². The molecular formula is C12H15ClFNO5S. The molecule has 1 unspecified atom stereocenters. The summed E-state index contributed by atoms with van der Waals surface area (Å²) < 4.78 is 39.9. The van der Waals surface area contributed by atoms with Gasteiger partial charge in [0.2, 0.25) is 10.0 Å². The van der Waals surface area contributed by atoms with Gasteiger partial charge in [0.05, 0.1) is 11.7 Å². The Hall–Kier alpha value is -1.22. The molecule has 0 aliphatic rings. The fraction of sp³-hybridized carbons (Fsp3) is 0.417. The largest absolute Gasteiger partial charge is 0.478 e. The maximum absolute atomic E-state index is 14.0. The van der Waals surface area contributed by atoms with Gasteiger partial charge in [0.15, 0.2) is 5.82 Å². The van der Waals surface area contributed by atoms with Gasteiger partial charge >= 0.3 is 5.97 Å². The molecule has 3 N–H and O–H groups in total. The molecule has 1 atom stereocenters. The van der Waals surface area contributed by atoms with Crippen LogP contribution in [0.3, 0.4) is 0 Å². The van der Waals surface area contributed by atoms with Crippen molar-refractivity contribution >= 4 is 27.6 Å². The van der Waals surface area contributed by atoms with E-state index < -0.39 is 38.4 Å². The van der Waals surface area contributed by atoms with E-state index in [2.05, 4.69) is 0 Å². The molecule has 0 heterocycles. The molecule has 1 aromatic carbocycles. The first-order valence-corrected chi connectivity index (χ1v) is 7.95. The van der Waals surface area contributed by atoms with Crippen molar-refractivity contribution in [2.24, 2.45) is 0 Å². The number of nitrogens with one attached hydrogen (secondary N) is 1. The van der Waals surface area contributed by atoms with Gasteiger partial charge in [-0.05, 0) is 18.6 Å². The highest BCUT2D eigenvalue weighted by molar-refractivity contribution is 7.89. The van der Waals surface area contributed by atoms with Crippen LogP contribution in [0.5, 0.6) is 0 Å². The maximum atomic E-state index is 14.0. The predicted molar refractivity (Wildman–Crippen MR) is 74.5 cm³/mol. The Morgan fingerprint density at radius 2 is 2.10 bits per heavy atom. The van der Waals surface area contributed by atoms with Crippen LogP contribution in [0.4, 0.5) is 4.39 Å². The number of carboxylic acid groups (broad SMARTS) is 1. The number of aromatic carboxylic acids is 1. The van der Waals surface area contributed by atoms with Crippen LogP contribution in [-0.4, -0.2) is 37.2 Å². The summed E-state index contributed by atoms with van der Waals surface area (Å²) in [6, 6.07) is 1.64. The molecule has 0 spiro atoms. The summed E-state index contributed by atoms with van der Waals surface area (Å²) in [5.41, 5.74) is -0.836. The quantitative estimate of drug-likeness (QED) is 0.700. The summed E-state index contributed by atoms with van der Waals surface area (Å²) >= 11 is 5.61. The molecule has 118 valence electrons. The highest BCUT2D eigenvalue weighted by atomic mass is 35.5. The van der Waals surface area contributed by atoms with Crippen LogP contribution in [0.15, 0.2) is 17.0 Å². The standard InChI is InChI=1S/C12H15ClFNO5S/c1-2-3-8(16)6-15-21(19,20)10-5-7(13)4-9(11(10)14)12(17)18/h4-5,8,15-16H,2-3,6H2,1H3,(H,17,18). The Balaban J connectivity index is 3.11. The molecule has 1 rings (SSSR count). The first-order valence-electron chi connectivity index (χ1n) is 6.09. The van der Waals surface area contributed by atoms with Crippen LogP contribution in [0.1, 0.15) is 30.1 Å². The Labute approximate surface area is 126 Å². The number of carboxylic acids is 1. The Bertz CT molecular complexity index is 635. The average molecular weight is 340 g/mol. The minimum atomic E-state index is -4.32. The van der Waals surface area contributed by atoms with Crippen molar-refractivity contribution in [3.63, 3.8) is 0 Å². The molecule has 21 heavy (non-hydrogen) atoms. The number of benzene rings is 1. The fourth-order valence-corrected chi connectivity index (χ4v) is 3.11. The van der Waals surface area contributed by atoms with Crippen LogP contribution in [-0.2, 0) is 10.0 Å². The number of halogens is 2. The van der Waals surface area contributed by atoms with Crippen LogP contribution in [0.25, 0.3) is 0 Å². The van der Waals surface area contributed by atoms with E-state index in [-0.39, 0.29) is 11.6 Å². The number of hydrogen-bond donors (Lipinski definition) is 3. The average Bonchev–Trinajstić information content (AvgIpc) is 2.39. The highest BCUT2D eigenvalue weighted by Gasteiger charge is 2.25. The summed E-state index contributed by atoms with van der Waals surface area (Å²) in [4.78, 5) is 9.99. The zero-order valence-corrected chi connectivity index (χ0v) is 12.7. The third-order valence-electron chi connectivity index (χ3n) is 2.65. The van der Waals surface area contributed by atoms with Gasteiger partial charge < -0.3 is 10.2 Å². The molecule has 0 amide bonds. The molecule has 0 saturated carbocycles. The molecule has 0 saturated heterocycles. The zero-order valence-electron chi connectivity index (χ0n) is 11.1. The van der Waals surface area contributed by atoms with Crippen LogP contribution in [0.2, 0.25) is 5.02 Å². The molecule has 0 radical (unpaired) electrons. The molecule has 1 aromatic rings. The molecule has 0 fully saturated rings. The Morgan fingerprint density at radius 3 is 2.62 bits per heavy atom. The Morgan fingerprint density at radius 1 is 1.48 bits per heavy atom. The molecule has 6 nitrogen and oxygen atoms in total. The molecule has 0 aliphatic heterocycles. The summed E-state index contributed by atoms with van der Waals surface area (Å²) in [6.07, 6.45) is 0.115. The third kappa shape index (κ3) is 4.63. The highest BCUT2D eigenvalue weighted by Crippen LogP contribution is 2.23. The summed E-state index contributed by atoms with van der Waals surface area (Å²) in [6.45, 7) is 1.51. The van der Waals surface area contributed by atoms with Gasteiger partial charge in [-0.15, -0.1) is 0 Å². The zero-order chi connectivity index (χ0) is 16.2. The monoisotopic (exact) mass is 339 g/mol. The lowest BCUT2D eigenvalue weighted by atomic mass is 10.2. The smallest absolute Gasteiger partial charge is 0.338 e. The van der Waals surface area contributed by atoms with Crippen molar-refractivity contribution in [3.05, 3.63) is 28.5 Å². The number of carbonyl (C=O) groups is 1. The normalized spacial score (nSPS) is 13.1. The van der Waals surface area contributed by atoms with E-state index in [9.17, 15) is 22.7 Å². The molecular weight excluding hydrogens is 325 g/mol. The van der Waals surface area contributed by atoms with E-state index in [0.717, 1.165) is 12.1 Å². The summed E-state index contributed by atoms with van der Waals surface area (Å²) in [5.74, 6) is -3.03. The SMILES string of the molecule is CCCC(O)CNS(=O)(=O)c1cc(Cl)cc(C(=O)O)c1F. The fourth-order valence-electron chi connectivity index (χ4n) is 1.63. The lowest BCUT2D eigenvalue weighted by molar-refractivity contribution is 0.0691. The van der Waals surface area contributed by atoms with Crippen LogP contribution >= 0.6 is 11.6 Å². The van der Waals surface area contributed by atoms with Gasteiger partial charge in [-0.25, -0.2) is 22.3 Å². The lowest BCUT2D eigenvalue weighted by Crippen LogP contribution is -2.32. The van der Waals surface area contributed by atoms with Gasteiger partial charge in [0, 0.05) is 11.6 Å². The minimum Gasteiger partial charge on any atom is -0.478 e. The van der Waals surface area contributed by atoms with Gasteiger partial charge in [-0.1, -0.05) is 24.9 Å². The van der Waals surface area contributed by atoms with Crippen molar-refractivity contribution in [1.29, 1.82) is 0 Å². The van der Waals surface area contributed by atoms with E-state index in [1.165, 1.54) is 0 Å². The lowest BCUT2D eigenvalue weighted by Gasteiger charge is -2.12. The van der Waals surface area contributed by atoms with Crippen molar-refractivity contribution in [2.75, 3.05) is 6.54 Å². The second kappa shape index (κ2) is 7.17. The van der Waals surface area contributed by atoms with Gasteiger partial charge in [-0.2, -0.15) is 0 Å². The first kappa shape index (κ1) is 17.8. The Kier molecular flexibility index (Phi) is 6.09. The van der Waals surface area contributed by atoms with Crippen molar-refractivity contribution in [1.82, 2.24) is 4.72 Å². The van der Waals surface area contributed by atoms with E-state index in [4.69, 9.17) is 16.7 Å². The van der Waals surface area contributed by atoms with Gasteiger partial charge in [-0.3, -0.25) is 0 Å². The minimum absolute atomic E-state index is 0.219. The molecule has 0 bridgehead atoms. The van der Waals surface area contributed by atoms with Crippen LogP contribution in [0, 0.1) is 5.82 Å². The second-order valence-corrected chi connectivity index (χ2v) is 6.54. The topological polar surface area (TPSA) is 104 Å². The van der Waals surface area contributed by atoms with Crippen LogP contribution < -0.4 is 4.72 Å². The van der Waals surface area contributed by atoms with E-state index in [0.29, 0.717) is 12.8 Å². The van der Waals surface area contributed by atoms with Crippen molar-refractivity contribution in [3.8, 4) is 0 Å². The van der Waals surface area contributed by atoms with Crippen molar-refractivity contribution < 1.29 is 27.8 Å². The van der Waals surface area contributed by atoms with Crippen molar-refractivity contribution in [2.45, 2.75) is 30.8 Å². The predicted octanol–water partition coefficient (Wildman–Crippen LogP) is 1.62. The summed E-state index contributed by atoms with van der Waals surface area (Å²) in [5, 5.41) is 18.1. The summed E-state index contributed by atoms with van der Waals surface area (Å²) in [7, 11) is -4.32.